The van der Waals surface area contributed by atoms with Gasteiger partial charge in [-0.1, -0.05) is 12.8 Å². The fourth-order valence-electron chi connectivity index (χ4n) is 4.28. The van der Waals surface area contributed by atoms with Gasteiger partial charge < -0.3 is 10.0 Å². The average molecular weight is 266 g/mol. The van der Waals surface area contributed by atoms with Crippen molar-refractivity contribution in [3.05, 3.63) is 0 Å². The van der Waals surface area contributed by atoms with Gasteiger partial charge >= 0.3 is 5.97 Å². The molecule has 0 aromatic rings. The summed E-state index contributed by atoms with van der Waals surface area (Å²) in [5.41, 5.74) is -0.431. The fraction of sp³-hybridized carbons (Fsp3) is 0.933. The van der Waals surface area contributed by atoms with Gasteiger partial charge in [-0.25, -0.2) is 0 Å². The molecule has 0 aromatic carbocycles. The lowest BCUT2D eigenvalue weighted by Gasteiger charge is -2.30. The molecule has 3 fully saturated rings. The monoisotopic (exact) mass is 266 g/mol. The number of rotatable bonds is 4. The Balaban J connectivity index is 1.57. The molecule has 4 heteroatoms. The standard InChI is InChI=1S/C15H26N2O2/c18-14(19)15(6-1-2-7-15)12-16-10-5-13(11-16)17-8-3-4-9-17/h13H,1-12H2,(H,18,19). The maximum atomic E-state index is 11.6. The molecule has 2 saturated heterocycles. The molecule has 3 aliphatic rings. The first kappa shape index (κ1) is 13.4. The van der Waals surface area contributed by atoms with Gasteiger partial charge in [0.05, 0.1) is 5.41 Å². The van der Waals surface area contributed by atoms with Crippen LogP contribution in [-0.2, 0) is 4.79 Å². The largest absolute Gasteiger partial charge is 0.481 e. The molecule has 0 amide bonds. The lowest BCUT2D eigenvalue weighted by Crippen LogP contribution is -2.42. The van der Waals surface area contributed by atoms with Crippen molar-refractivity contribution >= 4 is 5.97 Å². The minimum atomic E-state index is -0.561. The first-order valence-corrected chi connectivity index (χ1v) is 7.89. The number of nitrogens with zero attached hydrogens (tertiary/aromatic N) is 2. The van der Waals surface area contributed by atoms with Crippen LogP contribution in [0.1, 0.15) is 44.9 Å². The molecule has 1 unspecified atom stereocenters. The van der Waals surface area contributed by atoms with E-state index in [1.807, 2.05) is 0 Å². The van der Waals surface area contributed by atoms with Gasteiger partial charge in [-0.05, 0) is 51.7 Å². The van der Waals surface area contributed by atoms with Crippen molar-refractivity contribution in [1.29, 1.82) is 0 Å². The number of likely N-dealkylation sites (tertiary alicyclic amines) is 2. The summed E-state index contributed by atoms with van der Waals surface area (Å²) in [6.07, 6.45) is 7.87. The van der Waals surface area contributed by atoms with Gasteiger partial charge in [-0.2, -0.15) is 0 Å². The van der Waals surface area contributed by atoms with Crippen molar-refractivity contribution in [2.24, 2.45) is 5.41 Å². The molecule has 0 radical (unpaired) electrons. The van der Waals surface area contributed by atoms with Crippen LogP contribution in [-0.4, -0.2) is 59.6 Å². The molecule has 0 spiro atoms. The molecule has 19 heavy (non-hydrogen) atoms. The van der Waals surface area contributed by atoms with Crippen LogP contribution in [0.15, 0.2) is 0 Å². The molecular formula is C15H26N2O2. The van der Waals surface area contributed by atoms with E-state index in [-0.39, 0.29) is 0 Å². The SMILES string of the molecule is O=C(O)C1(CN2CCC(N3CCCC3)C2)CCCC1. The average Bonchev–Trinajstić information content (AvgIpc) is 3.10. The third kappa shape index (κ3) is 2.65. The van der Waals surface area contributed by atoms with E-state index in [9.17, 15) is 9.90 Å². The number of carbonyl (C=O) groups is 1. The Morgan fingerprint density at radius 3 is 2.42 bits per heavy atom. The minimum absolute atomic E-state index is 0.431. The molecular weight excluding hydrogens is 240 g/mol. The molecule has 1 N–H and O–H groups in total. The smallest absolute Gasteiger partial charge is 0.310 e. The molecule has 4 nitrogen and oxygen atoms in total. The van der Waals surface area contributed by atoms with E-state index < -0.39 is 11.4 Å². The number of hydrogen-bond acceptors (Lipinski definition) is 3. The highest BCUT2D eigenvalue weighted by molar-refractivity contribution is 5.75. The van der Waals surface area contributed by atoms with Crippen LogP contribution in [0.3, 0.4) is 0 Å². The fourth-order valence-corrected chi connectivity index (χ4v) is 4.28. The maximum Gasteiger partial charge on any atom is 0.310 e. The Hall–Kier alpha value is -0.610. The second-order valence-electron chi connectivity index (χ2n) is 6.71. The molecule has 108 valence electrons. The molecule has 0 aromatic heterocycles. The van der Waals surface area contributed by atoms with Crippen molar-refractivity contribution in [3.8, 4) is 0 Å². The van der Waals surface area contributed by atoms with Crippen molar-refractivity contribution in [3.63, 3.8) is 0 Å². The summed E-state index contributed by atoms with van der Waals surface area (Å²) in [5, 5.41) is 9.56. The second-order valence-corrected chi connectivity index (χ2v) is 6.71. The van der Waals surface area contributed by atoms with E-state index in [1.165, 1.54) is 32.4 Å². The highest BCUT2D eigenvalue weighted by Gasteiger charge is 2.44. The zero-order chi connectivity index (χ0) is 13.3. The number of carboxylic acid groups (broad SMARTS) is 1. The molecule has 1 saturated carbocycles. The summed E-state index contributed by atoms with van der Waals surface area (Å²) in [7, 11) is 0. The van der Waals surface area contributed by atoms with Gasteiger partial charge in [0.25, 0.3) is 0 Å². The normalized spacial score (nSPS) is 32.1. The van der Waals surface area contributed by atoms with Crippen LogP contribution in [0.25, 0.3) is 0 Å². The van der Waals surface area contributed by atoms with Crippen LogP contribution < -0.4 is 0 Å². The second kappa shape index (κ2) is 5.41. The van der Waals surface area contributed by atoms with E-state index in [0.29, 0.717) is 6.04 Å². The predicted molar refractivity (Wildman–Crippen MR) is 74.2 cm³/mol. The highest BCUT2D eigenvalue weighted by atomic mass is 16.4. The van der Waals surface area contributed by atoms with Gasteiger partial charge in [0, 0.05) is 19.1 Å². The molecule has 2 aliphatic heterocycles. The van der Waals surface area contributed by atoms with Gasteiger partial charge in [-0.3, -0.25) is 9.69 Å². The van der Waals surface area contributed by atoms with E-state index in [0.717, 1.165) is 45.3 Å². The summed E-state index contributed by atoms with van der Waals surface area (Å²) in [4.78, 5) is 16.6. The van der Waals surface area contributed by atoms with Gasteiger partial charge in [-0.15, -0.1) is 0 Å². The Morgan fingerprint density at radius 2 is 1.79 bits per heavy atom. The topological polar surface area (TPSA) is 43.8 Å². The highest BCUT2D eigenvalue weighted by Crippen LogP contribution is 2.40. The van der Waals surface area contributed by atoms with Gasteiger partial charge in [0.2, 0.25) is 0 Å². The summed E-state index contributed by atoms with van der Waals surface area (Å²) in [6, 6.07) is 0.690. The van der Waals surface area contributed by atoms with Gasteiger partial charge in [0.15, 0.2) is 0 Å². The molecule has 2 heterocycles. The van der Waals surface area contributed by atoms with Crippen LogP contribution in [0.5, 0.6) is 0 Å². The zero-order valence-corrected chi connectivity index (χ0v) is 11.8. The van der Waals surface area contributed by atoms with Crippen LogP contribution >= 0.6 is 0 Å². The maximum absolute atomic E-state index is 11.6. The first-order valence-electron chi connectivity index (χ1n) is 7.89. The Kier molecular flexibility index (Phi) is 3.81. The van der Waals surface area contributed by atoms with Crippen molar-refractivity contribution in [1.82, 2.24) is 9.80 Å². The number of carboxylic acids is 1. The Labute approximate surface area is 115 Å². The van der Waals surface area contributed by atoms with E-state index in [2.05, 4.69) is 9.80 Å². The third-order valence-electron chi connectivity index (χ3n) is 5.45. The summed E-state index contributed by atoms with van der Waals surface area (Å²) in [5.74, 6) is -0.561. The van der Waals surface area contributed by atoms with Crippen molar-refractivity contribution in [2.45, 2.75) is 51.0 Å². The molecule has 0 bridgehead atoms. The molecule has 1 atom stereocenters. The summed E-state index contributed by atoms with van der Waals surface area (Å²) in [6.45, 7) is 5.48. The van der Waals surface area contributed by atoms with Crippen LogP contribution in [0.4, 0.5) is 0 Å². The summed E-state index contributed by atoms with van der Waals surface area (Å²) < 4.78 is 0. The number of hydrogen-bond donors (Lipinski definition) is 1. The van der Waals surface area contributed by atoms with Gasteiger partial charge in [0.1, 0.15) is 0 Å². The lowest BCUT2D eigenvalue weighted by molar-refractivity contribution is -0.149. The van der Waals surface area contributed by atoms with Crippen molar-refractivity contribution in [2.75, 3.05) is 32.7 Å². The quantitative estimate of drug-likeness (QED) is 0.842. The Bertz CT molecular complexity index is 333. The summed E-state index contributed by atoms with van der Waals surface area (Å²) >= 11 is 0. The molecule has 1 aliphatic carbocycles. The van der Waals surface area contributed by atoms with E-state index >= 15 is 0 Å². The predicted octanol–water partition coefficient (Wildman–Crippen LogP) is 1.80. The zero-order valence-electron chi connectivity index (χ0n) is 11.8. The molecule has 3 rings (SSSR count). The lowest BCUT2D eigenvalue weighted by atomic mass is 9.86. The van der Waals surface area contributed by atoms with Crippen LogP contribution in [0, 0.1) is 5.41 Å². The third-order valence-corrected chi connectivity index (χ3v) is 5.45. The van der Waals surface area contributed by atoms with Crippen LogP contribution in [0.2, 0.25) is 0 Å². The number of aliphatic carboxylic acids is 1. The van der Waals surface area contributed by atoms with E-state index in [1.54, 1.807) is 0 Å². The van der Waals surface area contributed by atoms with E-state index in [4.69, 9.17) is 0 Å². The Morgan fingerprint density at radius 1 is 1.11 bits per heavy atom. The van der Waals surface area contributed by atoms with Crippen molar-refractivity contribution < 1.29 is 9.90 Å². The minimum Gasteiger partial charge on any atom is -0.481 e. The first-order chi connectivity index (χ1) is 9.20.